The van der Waals surface area contributed by atoms with Gasteiger partial charge in [-0.05, 0) is 38.8 Å². The number of hydrogen-bond donors (Lipinski definition) is 2. The monoisotopic (exact) mass is 286 g/mol. The lowest BCUT2D eigenvalue weighted by Gasteiger charge is -2.05. The van der Waals surface area contributed by atoms with Crippen LogP contribution in [0.25, 0.3) is 6.08 Å². The third-order valence-corrected chi connectivity index (χ3v) is 3.23. The van der Waals surface area contributed by atoms with Crippen molar-refractivity contribution < 1.29 is 4.79 Å². The molecule has 0 radical (unpaired) electrons. The molecule has 0 saturated heterocycles. The maximum absolute atomic E-state index is 11.5. The normalized spacial score (nSPS) is 11.8. The lowest BCUT2D eigenvalue weighted by Crippen LogP contribution is -2.25. The lowest BCUT2D eigenvalue weighted by molar-refractivity contribution is -0.117. The summed E-state index contributed by atoms with van der Waals surface area (Å²) in [4.78, 5) is 11.5. The van der Waals surface area contributed by atoms with Crippen molar-refractivity contribution in [3.63, 3.8) is 0 Å². The summed E-state index contributed by atoms with van der Waals surface area (Å²) < 4.78 is 0. The van der Waals surface area contributed by atoms with E-state index in [2.05, 4.69) is 34.9 Å². The molecule has 1 rings (SSSR count). The van der Waals surface area contributed by atoms with Gasteiger partial charge in [-0.25, -0.2) is 0 Å². The second-order valence-electron chi connectivity index (χ2n) is 4.95. The molecule has 3 nitrogen and oxygen atoms in total. The molecular formula is C18H26N2O. The van der Waals surface area contributed by atoms with Crippen LogP contribution >= 0.6 is 0 Å². The lowest BCUT2D eigenvalue weighted by atomic mass is 10.2. The Labute approximate surface area is 128 Å². The molecule has 1 aromatic carbocycles. The third kappa shape index (κ3) is 8.10. The predicted octanol–water partition coefficient (Wildman–Crippen LogP) is 3.15. The van der Waals surface area contributed by atoms with Crippen molar-refractivity contribution >= 4 is 12.0 Å². The highest BCUT2D eigenvalue weighted by Crippen LogP contribution is 1.99. The largest absolute Gasteiger partial charge is 0.352 e. The first-order chi connectivity index (χ1) is 10.2. The molecule has 0 aliphatic heterocycles. The molecule has 0 saturated carbocycles. The number of nitrogens with one attached hydrogen (secondary N) is 2. The number of rotatable bonds is 9. The van der Waals surface area contributed by atoms with E-state index < -0.39 is 0 Å². The average Bonchev–Trinajstić information content (AvgIpc) is 2.53. The van der Waals surface area contributed by atoms with Crippen LogP contribution in [0.2, 0.25) is 0 Å². The molecule has 0 spiro atoms. The Morgan fingerprint density at radius 1 is 1.14 bits per heavy atom. The molecule has 0 bridgehead atoms. The van der Waals surface area contributed by atoms with E-state index >= 15 is 0 Å². The predicted molar refractivity (Wildman–Crippen MR) is 90.0 cm³/mol. The maximum atomic E-state index is 11.5. The summed E-state index contributed by atoms with van der Waals surface area (Å²) in [6.45, 7) is 6.29. The van der Waals surface area contributed by atoms with Gasteiger partial charge < -0.3 is 10.6 Å². The zero-order valence-corrected chi connectivity index (χ0v) is 13.1. The molecular weight excluding hydrogens is 260 g/mol. The second kappa shape index (κ2) is 10.9. The second-order valence-corrected chi connectivity index (χ2v) is 4.95. The molecule has 1 aromatic rings. The van der Waals surface area contributed by atoms with Gasteiger partial charge in [-0.1, -0.05) is 48.6 Å². The van der Waals surface area contributed by atoms with Crippen LogP contribution < -0.4 is 10.6 Å². The van der Waals surface area contributed by atoms with Crippen molar-refractivity contribution in [3.05, 3.63) is 53.6 Å². The van der Waals surface area contributed by atoms with Gasteiger partial charge in [-0.15, -0.1) is 0 Å². The Hall–Kier alpha value is -1.87. The van der Waals surface area contributed by atoms with Crippen molar-refractivity contribution in [2.45, 2.75) is 26.7 Å². The molecule has 0 aliphatic rings. The molecule has 0 aliphatic carbocycles. The number of hydrogen-bond acceptors (Lipinski definition) is 2. The van der Waals surface area contributed by atoms with Gasteiger partial charge in [0.1, 0.15) is 0 Å². The van der Waals surface area contributed by atoms with E-state index in [1.165, 1.54) is 5.56 Å². The summed E-state index contributed by atoms with van der Waals surface area (Å²) in [6, 6.07) is 10.3. The average molecular weight is 286 g/mol. The zero-order chi connectivity index (χ0) is 15.3. The summed E-state index contributed by atoms with van der Waals surface area (Å²) in [6.07, 6.45) is 8.14. The minimum atomic E-state index is 0.0382. The minimum absolute atomic E-state index is 0.0382. The van der Waals surface area contributed by atoms with Gasteiger partial charge in [0.05, 0.1) is 0 Å². The van der Waals surface area contributed by atoms with E-state index in [4.69, 9.17) is 0 Å². The van der Waals surface area contributed by atoms with Crippen LogP contribution in [0.15, 0.2) is 48.1 Å². The number of benzene rings is 1. The van der Waals surface area contributed by atoms with Crippen molar-refractivity contribution in [1.29, 1.82) is 0 Å². The van der Waals surface area contributed by atoms with Gasteiger partial charge >= 0.3 is 0 Å². The zero-order valence-electron chi connectivity index (χ0n) is 13.1. The number of allylic oxidation sites excluding steroid dienone is 1. The summed E-state index contributed by atoms with van der Waals surface area (Å²) >= 11 is 0. The van der Waals surface area contributed by atoms with Gasteiger partial charge in [0.25, 0.3) is 0 Å². The SMILES string of the molecule is C/C=C(\C)C(=O)NCCCCNCC=Cc1ccccc1. The first-order valence-electron chi connectivity index (χ1n) is 7.57. The quantitative estimate of drug-likeness (QED) is 0.541. The number of carbonyl (C=O) groups is 1. The first-order valence-corrected chi connectivity index (χ1v) is 7.57. The molecule has 114 valence electrons. The Kier molecular flexibility index (Phi) is 8.89. The fourth-order valence-electron chi connectivity index (χ4n) is 1.79. The van der Waals surface area contributed by atoms with Gasteiger partial charge in [0.2, 0.25) is 5.91 Å². The fraction of sp³-hybridized carbons (Fsp3) is 0.389. The Morgan fingerprint density at radius 3 is 2.57 bits per heavy atom. The topological polar surface area (TPSA) is 41.1 Å². The van der Waals surface area contributed by atoms with Crippen molar-refractivity contribution in [1.82, 2.24) is 10.6 Å². The highest BCUT2D eigenvalue weighted by atomic mass is 16.1. The molecule has 1 amide bonds. The summed E-state index contributed by atoms with van der Waals surface area (Å²) in [7, 11) is 0. The Bertz CT molecular complexity index is 463. The molecule has 0 atom stereocenters. The van der Waals surface area contributed by atoms with Crippen LogP contribution in [-0.2, 0) is 4.79 Å². The van der Waals surface area contributed by atoms with Crippen molar-refractivity contribution in [2.24, 2.45) is 0 Å². The fourth-order valence-corrected chi connectivity index (χ4v) is 1.79. The smallest absolute Gasteiger partial charge is 0.246 e. The van der Waals surface area contributed by atoms with E-state index in [0.717, 1.165) is 38.0 Å². The van der Waals surface area contributed by atoms with Crippen LogP contribution in [-0.4, -0.2) is 25.5 Å². The van der Waals surface area contributed by atoms with Gasteiger partial charge in [0.15, 0.2) is 0 Å². The molecule has 21 heavy (non-hydrogen) atoms. The minimum Gasteiger partial charge on any atom is -0.352 e. The van der Waals surface area contributed by atoms with Gasteiger partial charge in [-0.2, -0.15) is 0 Å². The van der Waals surface area contributed by atoms with Crippen LogP contribution in [0.5, 0.6) is 0 Å². The Balaban J connectivity index is 1.98. The molecule has 0 fully saturated rings. The van der Waals surface area contributed by atoms with E-state index in [9.17, 15) is 4.79 Å². The highest BCUT2D eigenvalue weighted by Gasteiger charge is 2.00. The van der Waals surface area contributed by atoms with Crippen LogP contribution in [0.4, 0.5) is 0 Å². The molecule has 3 heteroatoms. The number of carbonyl (C=O) groups excluding carboxylic acids is 1. The van der Waals surface area contributed by atoms with Crippen molar-refractivity contribution in [3.8, 4) is 0 Å². The molecule has 2 N–H and O–H groups in total. The standard InChI is InChI=1S/C18H26N2O/c1-3-16(2)18(21)20-15-8-7-13-19-14-9-12-17-10-5-4-6-11-17/h3-6,9-12,19H,7-8,13-15H2,1-2H3,(H,20,21)/b12-9?,16-3+. The molecule has 0 aromatic heterocycles. The highest BCUT2D eigenvalue weighted by molar-refractivity contribution is 5.92. The van der Waals surface area contributed by atoms with Crippen LogP contribution in [0.3, 0.4) is 0 Å². The summed E-state index contributed by atoms with van der Waals surface area (Å²) in [5.74, 6) is 0.0382. The van der Waals surface area contributed by atoms with E-state index in [1.54, 1.807) is 0 Å². The van der Waals surface area contributed by atoms with Crippen molar-refractivity contribution in [2.75, 3.05) is 19.6 Å². The molecule has 0 heterocycles. The van der Waals surface area contributed by atoms with Gasteiger partial charge in [0, 0.05) is 18.7 Å². The van der Waals surface area contributed by atoms with Crippen LogP contribution in [0.1, 0.15) is 32.3 Å². The third-order valence-electron chi connectivity index (χ3n) is 3.23. The van der Waals surface area contributed by atoms with E-state index in [1.807, 2.05) is 38.1 Å². The summed E-state index contributed by atoms with van der Waals surface area (Å²) in [5.41, 5.74) is 2.00. The number of unbranched alkanes of at least 4 members (excludes halogenated alkanes) is 1. The summed E-state index contributed by atoms with van der Waals surface area (Å²) in [5, 5.41) is 6.27. The number of amides is 1. The first kappa shape index (κ1) is 17.2. The molecule has 0 unspecified atom stereocenters. The van der Waals surface area contributed by atoms with Crippen LogP contribution in [0, 0.1) is 0 Å². The Morgan fingerprint density at radius 2 is 1.86 bits per heavy atom. The van der Waals surface area contributed by atoms with Gasteiger partial charge in [-0.3, -0.25) is 4.79 Å². The maximum Gasteiger partial charge on any atom is 0.246 e. The van der Waals surface area contributed by atoms with E-state index in [0.29, 0.717) is 0 Å². The van der Waals surface area contributed by atoms with E-state index in [-0.39, 0.29) is 5.91 Å².